The predicted octanol–water partition coefficient (Wildman–Crippen LogP) is 2.77. The van der Waals surface area contributed by atoms with E-state index in [-0.39, 0.29) is 5.91 Å². The number of imidazole rings is 1. The molecule has 1 saturated heterocycles. The number of rotatable bonds is 4. The van der Waals surface area contributed by atoms with Gasteiger partial charge < -0.3 is 10.2 Å². The van der Waals surface area contributed by atoms with Crippen LogP contribution < -0.4 is 10.2 Å². The minimum atomic E-state index is 0.135. The number of nitrogens with one attached hydrogen (secondary N) is 1. The zero-order valence-electron chi connectivity index (χ0n) is 14.9. The van der Waals surface area contributed by atoms with Crippen LogP contribution in [0.5, 0.6) is 0 Å². The number of carbonyl (C=O) groups is 1. The van der Waals surface area contributed by atoms with E-state index in [1.165, 1.54) is 0 Å². The van der Waals surface area contributed by atoms with Gasteiger partial charge in [0.1, 0.15) is 18.0 Å². The second-order valence-electron chi connectivity index (χ2n) is 6.76. The maximum Gasteiger partial charge on any atom is 0.220 e. The summed E-state index contributed by atoms with van der Waals surface area (Å²) in [4.78, 5) is 23.2. The Kier molecular flexibility index (Phi) is 4.56. The van der Waals surface area contributed by atoms with Crippen molar-refractivity contribution in [2.45, 2.75) is 19.3 Å². The highest BCUT2D eigenvalue weighted by Crippen LogP contribution is 2.25. The quantitative estimate of drug-likeness (QED) is 0.787. The van der Waals surface area contributed by atoms with Crippen LogP contribution in [0.3, 0.4) is 0 Å². The first-order valence-electron chi connectivity index (χ1n) is 9.09. The van der Waals surface area contributed by atoms with Gasteiger partial charge in [-0.25, -0.2) is 9.97 Å². The number of fused-ring (bicyclic) bond motifs is 1. The number of para-hydroxylation sites is 2. The molecule has 134 valence electrons. The molecule has 3 heterocycles. The summed E-state index contributed by atoms with van der Waals surface area (Å²) in [5.41, 5.74) is 2.02. The Labute approximate surface area is 152 Å². The van der Waals surface area contributed by atoms with Gasteiger partial charge in [-0.15, -0.1) is 0 Å². The molecule has 1 amide bonds. The second kappa shape index (κ2) is 7.15. The Bertz CT molecular complexity index is 911. The molecule has 0 atom stereocenters. The molecule has 0 unspecified atom stereocenters. The highest BCUT2D eigenvalue weighted by Gasteiger charge is 2.22. The van der Waals surface area contributed by atoms with Gasteiger partial charge >= 0.3 is 0 Å². The van der Waals surface area contributed by atoms with E-state index >= 15 is 0 Å². The average molecular weight is 349 g/mol. The molecule has 0 bridgehead atoms. The number of hydrogen-bond donors (Lipinski definition) is 1. The lowest BCUT2D eigenvalue weighted by atomic mass is 9.93. The van der Waals surface area contributed by atoms with Crippen LogP contribution in [0, 0.1) is 5.92 Å². The van der Waals surface area contributed by atoms with Crippen LogP contribution in [0.15, 0.2) is 48.8 Å². The molecular formula is C20H23N5O. The van der Waals surface area contributed by atoms with E-state index in [1.807, 2.05) is 41.2 Å². The number of carbonyl (C=O) groups excluding carboxylic acids is 1. The minimum Gasteiger partial charge on any atom is -0.359 e. The van der Waals surface area contributed by atoms with Gasteiger partial charge in [0.2, 0.25) is 5.91 Å². The van der Waals surface area contributed by atoms with E-state index in [1.54, 1.807) is 7.05 Å². The van der Waals surface area contributed by atoms with Crippen molar-refractivity contribution in [3.63, 3.8) is 0 Å². The molecule has 0 spiro atoms. The van der Waals surface area contributed by atoms with Crippen molar-refractivity contribution in [3.8, 4) is 5.82 Å². The minimum absolute atomic E-state index is 0.135. The fourth-order valence-corrected chi connectivity index (χ4v) is 3.59. The zero-order valence-corrected chi connectivity index (χ0v) is 14.9. The topological polar surface area (TPSA) is 63.1 Å². The van der Waals surface area contributed by atoms with Gasteiger partial charge in [0, 0.05) is 26.6 Å². The summed E-state index contributed by atoms with van der Waals surface area (Å²) in [5, 5.41) is 2.72. The number of amides is 1. The van der Waals surface area contributed by atoms with Crippen molar-refractivity contribution >= 4 is 22.8 Å². The van der Waals surface area contributed by atoms with Crippen molar-refractivity contribution in [2.75, 3.05) is 25.0 Å². The smallest absolute Gasteiger partial charge is 0.220 e. The second-order valence-corrected chi connectivity index (χ2v) is 6.76. The third-order valence-electron chi connectivity index (χ3n) is 5.11. The molecule has 1 aromatic carbocycles. The van der Waals surface area contributed by atoms with Gasteiger partial charge in [-0.05, 0) is 43.0 Å². The number of hydrogen-bond acceptors (Lipinski definition) is 4. The summed E-state index contributed by atoms with van der Waals surface area (Å²) < 4.78 is 2.02. The lowest BCUT2D eigenvalue weighted by molar-refractivity contribution is -0.121. The van der Waals surface area contributed by atoms with Gasteiger partial charge in [0.15, 0.2) is 0 Å². The van der Waals surface area contributed by atoms with Crippen molar-refractivity contribution in [3.05, 3.63) is 48.8 Å². The Morgan fingerprint density at radius 1 is 1.12 bits per heavy atom. The molecule has 2 aromatic heterocycles. The molecule has 0 aliphatic carbocycles. The van der Waals surface area contributed by atoms with Crippen LogP contribution in [0.1, 0.15) is 19.3 Å². The van der Waals surface area contributed by atoms with Gasteiger partial charge in [-0.2, -0.15) is 0 Å². The van der Waals surface area contributed by atoms with E-state index < -0.39 is 0 Å². The summed E-state index contributed by atoms with van der Waals surface area (Å²) >= 11 is 0. The molecule has 1 aliphatic heterocycles. The van der Waals surface area contributed by atoms with Crippen molar-refractivity contribution in [2.24, 2.45) is 5.92 Å². The fourth-order valence-electron chi connectivity index (χ4n) is 3.59. The normalized spacial score (nSPS) is 15.3. The number of benzene rings is 1. The predicted molar refractivity (Wildman–Crippen MR) is 102 cm³/mol. The summed E-state index contributed by atoms with van der Waals surface area (Å²) in [7, 11) is 1.70. The van der Waals surface area contributed by atoms with Gasteiger partial charge in [-0.1, -0.05) is 18.2 Å². The maximum atomic E-state index is 11.6. The Balaban J connectivity index is 1.51. The summed E-state index contributed by atoms with van der Waals surface area (Å²) in [5.74, 6) is 2.46. The molecule has 6 nitrogen and oxygen atoms in total. The molecule has 6 heteroatoms. The van der Waals surface area contributed by atoms with Gasteiger partial charge in [0.25, 0.3) is 0 Å². The van der Waals surface area contributed by atoms with Crippen LogP contribution in [0.2, 0.25) is 0 Å². The SMILES string of the molecule is CNC(=O)CC1CCN(c2cccc(-n3cnc4ccccc43)n2)CC1. The lowest BCUT2D eigenvalue weighted by Crippen LogP contribution is -2.36. The van der Waals surface area contributed by atoms with Gasteiger partial charge in [0.05, 0.1) is 11.0 Å². The highest BCUT2D eigenvalue weighted by atomic mass is 16.1. The number of pyridine rings is 1. The molecule has 0 radical (unpaired) electrons. The first-order chi connectivity index (χ1) is 12.7. The van der Waals surface area contributed by atoms with E-state index in [0.717, 1.165) is 48.6 Å². The number of piperidine rings is 1. The first-order valence-corrected chi connectivity index (χ1v) is 9.09. The molecule has 3 aromatic rings. The van der Waals surface area contributed by atoms with Crippen molar-refractivity contribution < 1.29 is 4.79 Å². The fraction of sp³-hybridized carbons (Fsp3) is 0.350. The molecule has 0 saturated carbocycles. The Hall–Kier alpha value is -2.89. The van der Waals surface area contributed by atoms with Crippen LogP contribution in [0.25, 0.3) is 16.9 Å². The van der Waals surface area contributed by atoms with E-state index in [2.05, 4.69) is 27.3 Å². The molecule has 1 fully saturated rings. The van der Waals surface area contributed by atoms with E-state index in [0.29, 0.717) is 12.3 Å². The van der Waals surface area contributed by atoms with Crippen LogP contribution in [0.4, 0.5) is 5.82 Å². The summed E-state index contributed by atoms with van der Waals surface area (Å²) in [6, 6.07) is 14.2. The number of nitrogens with zero attached hydrogens (tertiary/aromatic N) is 4. The van der Waals surface area contributed by atoms with Crippen molar-refractivity contribution in [1.82, 2.24) is 19.9 Å². The average Bonchev–Trinajstić information content (AvgIpc) is 3.13. The maximum absolute atomic E-state index is 11.6. The Morgan fingerprint density at radius 3 is 2.69 bits per heavy atom. The van der Waals surface area contributed by atoms with Gasteiger partial charge in [-0.3, -0.25) is 9.36 Å². The highest BCUT2D eigenvalue weighted by molar-refractivity contribution is 5.77. The molecular weight excluding hydrogens is 326 g/mol. The van der Waals surface area contributed by atoms with Crippen LogP contribution in [-0.4, -0.2) is 40.6 Å². The number of anilines is 1. The summed E-state index contributed by atoms with van der Waals surface area (Å²) in [6.07, 6.45) is 4.49. The Morgan fingerprint density at radius 2 is 1.88 bits per heavy atom. The molecule has 1 aliphatic rings. The van der Waals surface area contributed by atoms with Crippen LogP contribution >= 0.6 is 0 Å². The summed E-state index contributed by atoms with van der Waals surface area (Å²) in [6.45, 7) is 1.87. The van der Waals surface area contributed by atoms with Crippen LogP contribution in [-0.2, 0) is 4.79 Å². The zero-order chi connectivity index (χ0) is 17.9. The van der Waals surface area contributed by atoms with Crippen molar-refractivity contribution in [1.29, 1.82) is 0 Å². The molecule has 26 heavy (non-hydrogen) atoms. The lowest BCUT2D eigenvalue weighted by Gasteiger charge is -2.32. The third-order valence-corrected chi connectivity index (χ3v) is 5.11. The monoisotopic (exact) mass is 349 g/mol. The largest absolute Gasteiger partial charge is 0.359 e. The molecule has 1 N–H and O–H groups in total. The first kappa shape index (κ1) is 16.6. The molecule has 4 rings (SSSR count). The van der Waals surface area contributed by atoms with E-state index in [4.69, 9.17) is 4.98 Å². The van der Waals surface area contributed by atoms with E-state index in [9.17, 15) is 4.79 Å². The third kappa shape index (κ3) is 3.27. The number of aromatic nitrogens is 3. The standard InChI is InChI=1S/C20H23N5O/c1-21-20(26)13-15-9-11-24(12-10-15)18-7-4-8-19(23-18)25-14-22-16-5-2-3-6-17(16)25/h2-8,14-15H,9-13H2,1H3,(H,21,26).